The summed E-state index contributed by atoms with van der Waals surface area (Å²) >= 11 is 0. The highest BCUT2D eigenvalue weighted by atomic mass is 16.6. The van der Waals surface area contributed by atoms with Gasteiger partial charge >= 0.3 is 0 Å². The van der Waals surface area contributed by atoms with Gasteiger partial charge in [0.2, 0.25) is 5.88 Å². The number of aliphatic imine (C=N–C) groups is 1. The number of hydrogen-bond acceptors (Lipinski definition) is 6. The van der Waals surface area contributed by atoms with E-state index in [0.29, 0.717) is 35.9 Å². The van der Waals surface area contributed by atoms with Crippen LogP contribution in [-0.4, -0.2) is 63.1 Å². The van der Waals surface area contributed by atoms with Crippen LogP contribution in [0.5, 0.6) is 5.88 Å². The first-order valence-corrected chi connectivity index (χ1v) is 10.7. The average molecular weight is 415 g/mol. The van der Waals surface area contributed by atoms with Crippen LogP contribution in [0.1, 0.15) is 52.1 Å². The van der Waals surface area contributed by atoms with Crippen molar-refractivity contribution in [1.29, 1.82) is 0 Å². The minimum atomic E-state index is -0.413. The second-order valence-corrected chi connectivity index (χ2v) is 8.99. The van der Waals surface area contributed by atoms with Crippen LogP contribution in [0.4, 0.5) is 5.69 Å². The van der Waals surface area contributed by atoms with Crippen molar-refractivity contribution in [2.45, 2.75) is 58.2 Å². The van der Waals surface area contributed by atoms with Gasteiger partial charge in [0.1, 0.15) is 0 Å². The Morgan fingerprint density at radius 1 is 1.20 bits per heavy atom. The van der Waals surface area contributed by atoms with Gasteiger partial charge in [-0.15, -0.1) is 0 Å². The smallest absolute Gasteiger partial charge is 0.270 e. The number of aromatic nitrogens is 1. The van der Waals surface area contributed by atoms with E-state index < -0.39 is 4.92 Å². The quantitative estimate of drug-likeness (QED) is 0.605. The SMILES string of the molecule is CC(C)N1CCC2(CC1)CN=C(c1c(O)n(C(C)C)c3ccc([N+](=O)[O-])cc13)CO2. The van der Waals surface area contributed by atoms with E-state index in [9.17, 15) is 15.2 Å². The van der Waals surface area contributed by atoms with Gasteiger partial charge in [0.05, 0.1) is 40.5 Å². The topological polar surface area (TPSA) is 93.1 Å². The summed E-state index contributed by atoms with van der Waals surface area (Å²) in [7, 11) is 0. The summed E-state index contributed by atoms with van der Waals surface area (Å²) in [4.78, 5) is 18.2. The molecule has 1 fully saturated rings. The number of piperidine rings is 1. The van der Waals surface area contributed by atoms with E-state index in [0.717, 1.165) is 31.4 Å². The normalized spacial score (nSPS) is 19.7. The Morgan fingerprint density at radius 2 is 1.90 bits per heavy atom. The van der Waals surface area contributed by atoms with E-state index in [2.05, 4.69) is 18.7 Å². The summed E-state index contributed by atoms with van der Waals surface area (Å²) in [5, 5.41) is 23.0. The Hall–Kier alpha value is -2.45. The second kappa shape index (κ2) is 7.67. The predicted octanol–water partition coefficient (Wildman–Crippen LogP) is 3.90. The molecule has 1 N–H and O–H groups in total. The molecular formula is C22H30N4O4. The fourth-order valence-corrected chi connectivity index (χ4v) is 4.66. The van der Waals surface area contributed by atoms with Crippen molar-refractivity contribution >= 4 is 22.3 Å². The number of rotatable bonds is 4. The van der Waals surface area contributed by atoms with Gasteiger partial charge in [-0.25, -0.2) is 0 Å². The zero-order valence-corrected chi connectivity index (χ0v) is 18.1. The van der Waals surface area contributed by atoms with Gasteiger partial charge in [-0.05, 0) is 46.6 Å². The highest BCUT2D eigenvalue weighted by Crippen LogP contribution is 2.38. The molecule has 1 saturated heterocycles. The lowest BCUT2D eigenvalue weighted by atomic mass is 9.89. The number of ether oxygens (including phenoxy) is 1. The zero-order valence-electron chi connectivity index (χ0n) is 18.1. The third-order valence-corrected chi connectivity index (χ3v) is 6.49. The molecule has 2 aliphatic rings. The monoisotopic (exact) mass is 414 g/mol. The molecule has 3 heterocycles. The Morgan fingerprint density at radius 3 is 2.43 bits per heavy atom. The third-order valence-electron chi connectivity index (χ3n) is 6.49. The number of likely N-dealkylation sites (tertiary alicyclic amines) is 1. The largest absolute Gasteiger partial charge is 0.494 e. The van der Waals surface area contributed by atoms with Gasteiger partial charge < -0.3 is 19.3 Å². The van der Waals surface area contributed by atoms with Crippen molar-refractivity contribution in [2.75, 3.05) is 26.2 Å². The number of non-ortho nitro benzene ring substituents is 1. The van der Waals surface area contributed by atoms with Crippen LogP contribution in [0.3, 0.4) is 0 Å². The molecule has 4 rings (SSSR count). The van der Waals surface area contributed by atoms with E-state index in [1.54, 1.807) is 10.6 Å². The molecule has 1 spiro atoms. The predicted molar refractivity (Wildman–Crippen MR) is 117 cm³/mol. The maximum Gasteiger partial charge on any atom is 0.270 e. The Bertz CT molecular complexity index is 1000. The molecule has 162 valence electrons. The molecule has 8 nitrogen and oxygen atoms in total. The van der Waals surface area contributed by atoms with Gasteiger partial charge in [-0.1, -0.05) is 0 Å². The summed E-state index contributed by atoms with van der Waals surface area (Å²) in [5.74, 6) is 0.0911. The van der Waals surface area contributed by atoms with Crippen LogP contribution < -0.4 is 0 Å². The molecule has 0 bridgehead atoms. The number of hydrogen-bond donors (Lipinski definition) is 1. The molecule has 0 amide bonds. The Balaban J connectivity index is 1.70. The van der Waals surface area contributed by atoms with Crippen molar-refractivity contribution in [1.82, 2.24) is 9.47 Å². The number of aromatic hydroxyl groups is 1. The molecule has 2 aliphatic heterocycles. The van der Waals surface area contributed by atoms with Gasteiger partial charge in [-0.2, -0.15) is 0 Å². The molecule has 8 heteroatoms. The highest BCUT2D eigenvalue weighted by Gasteiger charge is 2.39. The van der Waals surface area contributed by atoms with Crippen LogP contribution in [-0.2, 0) is 4.74 Å². The van der Waals surface area contributed by atoms with Gasteiger partial charge in [-0.3, -0.25) is 15.1 Å². The first-order chi connectivity index (χ1) is 14.2. The molecule has 30 heavy (non-hydrogen) atoms. The van der Waals surface area contributed by atoms with E-state index in [4.69, 9.17) is 9.73 Å². The fourth-order valence-electron chi connectivity index (χ4n) is 4.66. The number of fused-ring (bicyclic) bond motifs is 1. The lowest BCUT2D eigenvalue weighted by Crippen LogP contribution is -2.52. The molecule has 1 aromatic carbocycles. The van der Waals surface area contributed by atoms with E-state index >= 15 is 0 Å². The van der Waals surface area contributed by atoms with Crippen LogP contribution in [0.2, 0.25) is 0 Å². The molecular weight excluding hydrogens is 384 g/mol. The summed E-state index contributed by atoms with van der Waals surface area (Å²) in [5.41, 5.74) is 1.73. The molecule has 0 aliphatic carbocycles. The van der Waals surface area contributed by atoms with E-state index in [1.807, 2.05) is 13.8 Å². The minimum absolute atomic E-state index is 0.000446. The first-order valence-electron chi connectivity index (χ1n) is 10.7. The summed E-state index contributed by atoms with van der Waals surface area (Å²) < 4.78 is 8.14. The molecule has 0 radical (unpaired) electrons. The molecule has 1 aromatic heterocycles. The maximum absolute atomic E-state index is 11.3. The lowest BCUT2D eigenvalue weighted by Gasteiger charge is -2.44. The molecule has 0 unspecified atom stereocenters. The van der Waals surface area contributed by atoms with Gasteiger partial charge in [0.25, 0.3) is 5.69 Å². The van der Waals surface area contributed by atoms with Crippen molar-refractivity contribution in [3.8, 4) is 5.88 Å². The lowest BCUT2D eigenvalue weighted by molar-refractivity contribution is -0.384. The number of nitro benzene ring substituents is 1. The van der Waals surface area contributed by atoms with Crippen molar-refractivity contribution in [2.24, 2.45) is 4.99 Å². The number of nitrogens with zero attached hydrogens (tertiary/aromatic N) is 4. The van der Waals surface area contributed by atoms with Crippen molar-refractivity contribution in [3.05, 3.63) is 33.9 Å². The van der Waals surface area contributed by atoms with E-state index in [-0.39, 0.29) is 23.2 Å². The Labute approximate surface area is 176 Å². The van der Waals surface area contributed by atoms with E-state index in [1.165, 1.54) is 12.1 Å². The van der Waals surface area contributed by atoms with Crippen LogP contribution in [0.15, 0.2) is 23.2 Å². The van der Waals surface area contributed by atoms with Crippen molar-refractivity contribution < 1.29 is 14.8 Å². The molecule has 0 atom stereocenters. The third kappa shape index (κ3) is 3.48. The summed E-state index contributed by atoms with van der Waals surface area (Å²) in [6, 6.07) is 5.22. The summed E-state index contributed by atoms with van der Waals surface area (Å²) in [6.45, 7) is 11.2. The standard InChI is InChI=1S/C22H30N4O4/c1-14(2)24-9-7-22(8-10-24)13-23-18(12-30-22)20-17-11-16(26(28)29)5-6-19(17)25(15(3)4)21(20)27/h5-6,11,14-15,27H,7-10,12-13H2,1-4H3. The van der Waals surface area contributed by atoms with Crippen LogP contribution in [0.25, 0.3) is 10.9 Å². The number of benzene rings is 1. The van der Waals surface area contributed by atoms with Crippen molar-refractivity contribution in [3.63, 3.8) is 0 Å². The Kier molecular flexibility index (Phi) is 5.32. The van der Waals surface area contributed by atoms with Gasteiger partial charge in [0, 0.05) is 42.7 Å². The van der Waals surface area contributed by atoms with Gasteiger partial charge in [0.15, 0.2) is 0 Å². The molecule has 0 saturated carbocycles. The zero-order chi connectivity index (χ0) is 21.6. The second-order valence-electron chi connectivity index (χ2n) is 8.99. The van der Waals surface area contributed by atoms with Crippen LogP contribution in [0, 0.1) is 10.1 Å². The summed E-state index contributed by atoms with van der Waals surface area (Å²) in [6.07, 6.45) is 1.88. The maximum atomic E-state index is 11.3. The first kappa shape index (κ1) is 20.8. The van der Waals surface area contributed by atoms with Crippen LogP contribution >= 0.6 is 0 Å². The fraction of sp³-hybridized carbons (Fsp3) is 0.591. The highest BCUT2D eigenvalue weighted by molar-refractivity contribution is 6.14. The average Bonchev–Trinajstić information content (AvgIpc) is 3.00. The number of nitro groups is 1. The molecule has 2 aromatic rings. The minimum Gasteiger partial charge on any atom is -0.494 e.